The molecule has 0 aliphatic rings. The van der Waals surface area contributed by atoms with E-state index >= 15 is 0 Å². The second kappa shape index (κ2) is 8.91. The standard InChI is InChI=1S/C23H24N6O2/c1-3-7-20-19(22(30)29(4-2)23(31)24-20)14-15-10-12-16(13-11-15)17-8-5-6-9-18(17)21-25-27-28-26-21/h5-6,8-13H,3-4,7,14H2,1-2H3,(H,24,31)(H,25,26,27,28). The van der Waals surface area contributed by atoms with E-state index in [4.69, 9.17) is 0 Å². The zero-order valence-electron chi connectivity index (χ0n) is 17.6. The van der Waals surface area contributed by atoms with Crippen LogP contribution in [0.2, 0.25) is 0 Å². The first-order valence-electron chi connectivity index (χ1n) is 10.4. The average Bonchev–Trinajstić information content (AvgIpc) is 3.32. The van der Waals surface area contributed by atoms with Gasteiger partial charge in [0.05, 0.1) is 0 Å². The molecule has 4 aromatic rings. The van der Waals surface area contributed by atoms with Crippen LogP contribution in [0.15, 0.2) is 58.1 Å². The minimum atomic E-state index is -0.340. The molecule has 4 rings (SSSR count). The Morgan fingerprint density at radius 2 is 1.71 bits per heavy atom. The number of hydrogen-bond donors (Lipinski definition) is 2. The maximum Gasteiger partial charge on any atom is 0.328 e. The molecule has 158 valence electrons. The maximum atomic E-state index is 12.9. The van der Waals surface area contributed by atoms with Gasteiger partial charge < -0.3 is 4.98 Å². The molecule has 0 fully saturated rings. The van der Waals surface area contributed by atoms with Gasteiger partial charge in [-0.25, -0.2) is 4.79 Å². The number of aryl methyl sites for hydroxylation is 1. The van der Waals surface area contributed by atoms with Gasteiger partial charge in [-0.05, 0) is 35.2 Å². The van der Waals surface area contributed by atoms with Crippen molar-refractivity contribution in [3.05, 3.63) is 86.2 Å². The van der Waals surface area contributed by atoms with Gasteiger partial charge in [-0.1, -0.05) is 61.9 Å². The smallest absolute Gasteiger partial charge is 0.311 e. The summed E-state index contributed by atoms with van der Waals surface area (Å²) in [5.74, 6) is 0.539. The van der Waals surface area contributed by atoms with Crippen LogP contribution in [0, 0.1) is 0 Å². The lowest BCUT2D eigenvalue weighted by Crippen LogP contribution is -2.38. The number of rotatable bonds is 7. The van der Waals surface area contributed by atoms with E-state index in [0.29, 0.717) is 30.8 Å². The van der Waals surface area contributed by atoms with Crippen molar-refractivity contribution >= 4 is 0 Å². The Morgan fingerprint density at radius 3 is 2.35 bits per heavy atom. The fraction of sp³-hybridized carbons (Fsp3) is 0.261. The summed E-state index contributed by atoms with van der Waals surface area (Å²) in [7, 11) is 0. The minimum Gasteiger partial charge on any atom is -0.311 e. The highest BCUT2D eigenvalue weighted by atomic mass is 16.2. The Morgan fingerprint density at radius 1 is 0.968 bits per heavy atom. The van der Waals surface area contributed by atoms with Crippen molar-refractivity contribution in [1.29, 1.82) is 0 Å². The number of nitrogens with one attached hydrogen (secondary N) is 2. The molecule has 0 aliphatic heterocycles. The van der Waals surface area contributed by atoms with Crippen LogP contribution < -0.4 is 11.2 Å². The van der Waals surface area contributed by atoms with Crippen molar-refractivity contribution in [2.75, 3.05) is 0 Å². The van der Waals surface area contributed by atoms with E-state index in [0.717, 1.165) is 34.4 Å². The molecule has 2 heterocycles. The highest BCUT2D eigenvalue weighted by Crippen LogP contribution is 2.29. The Balaban J connectivity index is 1.69. The van der Waals surface area contributed by atoms with E-state index in [-0.39, 0.29) is 11.2 Å². The maximum absolute atomic E-state index is 12.9. The van der Waals surface area contributed by atoms with Crippen molar-refractivity contribution in [3.63, 3.8) is 0 Å². The van der Waals surface area contributed by atoms with Gasteiger partial charge >= 0.3 is 5.69 Å². The van der Waals surface area contributed by atoms with Crippen LogP contribution in [0.1, 0.15) is 37.1 Å². The SMILES string of the molecule is CCCc1[nH]c(=O)n(CC)c(=O)c1Cc1ccc(-c2ccccc2-c2nn[nH]n2)cc1. The molecule has 31 heavy (non-hydrogen) atoms. The number of nitrogens with zero attached hydrogens (tertiary/aromatic N) is 4. The summed E-state index contributed by atoms with van der Waals surface area (Å²) in [6, 6.07) is 16.0. The number of tetrazole rings is 1. The van der Waals surface area contributed by atoms with Crippen molar-refractivity contribution < 1.29 is 0 Å². The molecule has 0 saturated heterocycles. The predicted molar refractivity (Wildman–Crippen MR) is 119 cm³/mol. The van der Waals surface area contributed by atoms with Crippen LogP contribution in [0.5, 0.6) is 0 Å². The Labute approximate surface area is 179 Å². The molecule has 0 atom stereocenters. The molecule has 0 amide bonds. The van der Waals surface area contributed by atoms with Gasteiger partial charge in [0.1, 0.15) is 0 Å². The number of aromatic nitrogens is 6. The topological polar surface area (TPSA) is 109 Å². The molecule has 0 spiro atoms. The molecular formula is C23H24N6O2. The first kappa shape index (κ1) is 20.5. The van der Waals surface area contributed by atoms with Crippen LogP contribution in [0.25, 0.3) is 22.5 Å². The Bertz CT molecular complexity index is 1290. The lowest BCUT2D eigenvalue weighted by Gasteiger charge is -2.12. The first-order chi connectivity index (χ1) is 15.1. The minimum absolute atomic E-state index is 0.207. The van der Waals surface area contributed by atoms with Crippen LogP contribution in [-0.4, -0.2) is 30.2 Å². The summed E-state index contributed by atoms with van der Waals surface area (Å²) >= 11 is 0. The van der Waals surface area contributed by atoms with Crippen LogP contribution in [0.4, 0.5) is 0 Å². The number of hydrogen-bond acceptors (Lipinski definition) is 5. The monoisotopic (exact) mass is 416 g/mol. The summed E-state index contributed by atoms with van der Waals surface area (Å²) in [6.45, 7) is 4.18. The fourth-order valence-electron chi connectivity index (χ4n) is 3.80. The van der Waals surface area contributed by atoms with Crippen LogP contribution in [0.3, 0.4) is 0 Å². The lowest BCUT2D eigenvalue weighted by molar-refractivity contribution is 0.647. The van der Waals surface area contributed by atoms with Gasteiger partial charge in [-0.3, -0.25) is 9.36 Å². The number of aromatic amines is 2. The third-order valence-electron chi connectivity index (χ3n) is 5.35. The van der Waals surface area contributed by atoms with E-state index in [2.05, 4.69) is 25.6 Å². The molecule has 0 saturated carbocycles. The Kier molecular flexibility index (Phi) is 5.88. The third kappa shape index (κ3) is 4.09. The van der Waals surface area contributed by atoms with Gasteiger partial charge in [-0.2, -0.15) is 5.21 Å². The summed E-state index contributed by atoms with van der Waals surface area (Å²) in [6.07, 6.45) is 1.99. The second-order valence-corrected chi connectivity index (χ2v) is 7.34. The Hall–Kier alpha value is -3.81. The largest absolute Gasteiger partial charge is 0.328 e. The zero-order valence-corrected chi connectivity index (χ0v) is 17.6. The molecule has 0 aliphatic carbocycles. The normalized spacial score (nSPS) is 11.0. The van der Waals surface area contributed by atoms with Crippen LogP contribution in [-0.2, 0) is 19.4 Å². The highest BCUT2D eigenvalue weighted by Gasteiger charge is 2.14. The summed E-state index contributed by atoms with van der Waals surface area (Å²) in [5, 5.41) is 14.3. The third-order valence-corrected chi connectivity index (χ3v) is 5.35. The zero-order chi connectivity index (χ0) is 21.8. The number of H-pyrrole nitrogens is 2. The molecule has 0 bridgehead atoms. The lowest BCUT2D eigenvalue weighted by atomic mass is 9.96. The van der Waals surface area contributed by atoms with Gasteiger partial charge in [0.15, 0.2) is 0 Å². The van der Waals surface area contributed by atoms with Crippen molar-refractivity contribution in [2.45, 2.75) is 39.7 Å². The quantitative estimate of drug-likeness (QED) is 0.481. The van der Waals surface area contributed by atoms with Gasteiger partial charge in [0.25, 0.3) is 5.56 Å². The molecule has 0 radical (unpaired) electrons. The van der Waals surface area contributed by atoms with Gasteiger partial charge in [0.2, 0.25) is 5.82 Å². The molecule has 2 aromatic carbocycles. The van der Waals surface area contributed by atoms with Gasteiger partial charge in [-0.15, -0.1) is 10.2 Å². The average molecular weight is 416 g/mol. The van der Waals surface area contributed by atoms with Crippen molar-refractivity contribution in [1.82, 2.24) is 30.2 Å². The van der Waals surface area contributed by atoms with E-state index in [1.54, 1.807) is 6.92 Å². The van der Waals surface area contributed by atoms with Crippen molar-refractivity contribution in [3.8, 4) is 22.5 Å². The summed E-state index contributed by atoms with van der Waals surface area (Å²) < 4.78 is 1.25. The second-order valence-electron chi connectivity index (χ2n) is 7.34. The molecular weight excluding hydrogens is 392 g/mol. The van der Waals surface area contributed by atoms with Crippen LogP contribution >= 0.6 is 0 Å². The highest BCUT2D eigenvalue weighted by molar-refractivity contribution is 5.80. The van der Waals surface area contributed by atoms with E-state index in [1.165, 1.54) is 4.57 Å². The molecule has 2 aromatic heterocycles. The van der Waals surface area contributed by atoms with E-state index < -0.39 is 0 Å². The summed E-state index contributed by atoms with van der Waals surface area (Å²) in [5.41, 5.74) is 4.75. The van der Waals surface area contributed by atoms with E-state index in [1.807, 2.05) is 55.5 Å². The van der Waals surface area contributed by atoms with Gasteiger partial charge in [0, 0.05) is 29.8 Å². The molecule has 8 nitrogen and oxygen atoms in total. The fourth-order valence-corrected chi connectivity index (χ4v) is 3.80. The number of benzene rings is 2. The first-order valence-corrected chi connectivity index (χ1v) is 10.4. The van der Waals surface area contributed by atoms with E-state index in [9.17, 15) is 9.59 Å². The molecule has 8 heteroatoms. The summed E-state index contributed by atoms with van der Waals surface area (Å²) in [4.78, 5) is 28.0. The molecule has 2 N–H and O–H groups in total. The van der Waals surface area contributed by atoms with Crippen molar-refractivity contribution in [2.24, 2.45) is 0 Å². The predicted octanol–water partition coefficient (Wildman–Crippen LogP) is 2.95. The molecule has 0 unspecified atom stereocenters.